The first-order valence-electron chi connectivity index (χ1n) is 8.65. The van der Waals surface area contributed by atoms with Gasteiger partial charge in [0, 0.05) is 10.9 Å². The molecule has 26 heavy (non-hydrogen) atoms. The number of aliphatic hydroxyl groups is 1. The Labute approximate surface area is 161 Å². The quantitative estimate of drug-likeness (QED) is 0.740. The van der Waals surface area contributed by atoms with Gasteiger partial charge >= 0.3 is 5.97 Å². The van der Waals surface area contributed by atoms with Crippen LogP contribution in [0.15, 0.2) is 0 Å². The number of H-pyrrole nitrogens is 1. The first-order chi connectivity index (χ1) is 12.5. The third-order valence-corrected chi connectivity index (χ3v) is 5.61. The van der Waals surface area contributed by atoms with E-state index >= 15 is 0 Å². The van der Waals surface area contributed by atoms with Gasteiger partial charge in [-0.05, 0) is 25.7 Å². The lowest BCUT2D eigenvalue weighted by molar-refractivity contribution is 0.0495. The monoisotopic (exact) mass is 395 g/mol. The molecule has 8 heteroatoms. The summed E-state index contributed by atoms with van der Waals surface area (Å²) in [5.41, 5.74) is 0.515. The molecule has 1 aliphatic carbocycles. The molecule has 1 fully saturated rings. The van der Waals surface area contributed by atoms with Gasteiger partial charge in [0.15, 0.2) is 11.4 Å². The van der Waals surface area contributed by atoms with Crippen LogP contribution in [0.1, 0.15) is 66.9 Å². The minimum Gasteiger partial charge on any atom is -0.461 e. The lowest BCUT2D eigenvalue weighted by atomic mass is 9.81. The van der Waals surface area contributed by atoms with Crippen LogP contribution < -0.4 is 0 Å². The van der Waals surface area contributed by atoms with Gasteiger partial charge in [0.25, 0.3) is 0 Å². The molecule has 2 aromatic heterocycles. The fourth-order valence-electron chi connectivity index (χ4n) is 3.63. The van der Waals surface area contributed by atoms with E-state index in [1.54, 1.807) is 6.92 Å². The van der Waals surface area contributed by atoms with Crippen molar-refractivity contribution in [3.05, 3.63) is 27.1 Å². The van der Waals surface area contributed by atoms with Gasteiger partial charge in [-0.1, -0.05) is 42.5 Å². The maximum atomic E-state index is 12.5. The van der Waals surface area contributed by atoms with Gasteiger partial charge < -0.3 is 14.8 Å². The molecule has 0 amide bonds. The highest BCUT2D eigenvalue weighted by atomic mass is 35.5. The molecule has 1 unspecified atom stereocenters. The summed E-state index contributed by atoms with van der Waals surface area (Å²) in [6, 6.07) is 1.94. The number of pyridine rings is 1. The number of carbonyl (C=O) groups excluding carboxylic acids is 1. The Hall–Kier alpha value is -1.81. The number of aliphatic hydroxyl groups excluding tert-OH is 1. The average molecular weight is 396 g/mol. The Kier molecular flexibility index (Phi) is 5.71. The third-order valence-electron chi connectivity index (χ3n) is 4.85. The van der Waals surface area contributed by atoms with E-state index in [4.69, 9.17) is 27.9 Å². The SMILES string of the molecule is CCOC(=O)c1nc(C#N)c2[nH]c(Cl)c(Cl)c2c1C(O)C1CCCCC1. The molecular formula is C18H19Cl2N3O3. The highest BCUT2D eigenvalue weighted by Crippen LogP contribution is 2.43. The summed E-state index contributed by atoms with van der Waals surface area (Å²) in [5.74, 6) is -0.705. The average Bonchev–Trinajstić information content (AvgIpc) is 2.95. The van der Waals surface area contributed by atoms with Crippen molar-refractivity contribution in [3.8, 4) is 6.07 Å². The molecular weight excluding hydrogens is 377 g/mol. The molecule has 0 aliphatic heterocycles. The number of halogens is 2. The molecule has 1 aliphatic rings. The van der Waals surface area contributed by atoms with E-state index in [0.717, 1.165) is 32.1 Å². The number of carbonyl (C=O) groups is 1. The minimum atomic E-state index is -0.943. The van der Waals surface area contributed by atoms with Gasteiger partial charge in [0.2, 0.25) is 0 Å². The van der Waals surface area contributed by atoms with Gasteiger partial charge in [-0.2, -0.15) is 5.26 Å². The summed E-state index contributed by atoms with van der Waals surface area (Å²) in [4.78, 5) is 19.5. The molecule has 1 saturated carbocycles. The molecule has 0 spiro atoms. The largest absolute Gasteiger partial charge is 0.461 e. The Balaban J connectivity index is 2.27. The second kappa shape index (κ2) is 7.83. The normalized spacial score (nSPS) is 16.4. The fourth-order valence-corrected chi connectivity index (χ4v) is 4.07. The lowest BCUT2D eigenvalue weighted by Crippen LogP contribution is -2.21. The molecule has 0 saturated heterocycles. The number of fused-ring (bicyclic) bond motifs is 1. The highest BCUT2D eigenvalue weighted by molar-refractivity contribution is 6.45. The maximum absolute atomic E-state index is 12.5. The highest BCUT2D eigenvalue weighted by Gasteiger charge is 2.33. The zero-order valence-corrected chi connectivity index (χ0v) is 15.8. The van der Waals surface area contributed by atoms with Crippen LogP contribution in [-0.4, -0.2) is 27.7 Å². The van der Waals surface area contributed by atoms with E-state index in [-0.39, 0.29) is 39.7 Å². The van der Waals surface area contributed by atoms with E-state index in [2.05, 4.69) is 9.97 Å². The number of aromatic nitrogens is 2. The number of nitrogens with zero attached hydrogens (tertiary/aromatic N) is 2. The fraction of sp³-hybridized carbons (Fsp3) is 0.500. The van der Waals surface area contributed by atoms with Crippen molar-refractivity contribution in [1.29, 1.82) is 5.26 Å². The Bertz CT molecular complexity index is 882. The predicted molar refractivity (Wildman–Crippen MR) is 98.3 cm³/mol. The first-order valence-corrected chi connectivity index (χ1v) is 9.41. The summed E-state index contributed by atoms with van der Waals surface area (Å²) in [6.07, 6.45) is 3.92. The van der Waals surface area contributed by atoms with Crippen molar-refractivity contribution >= 4 is 40.1 Å². The number of hydrogen-bond acceptors (Lipinski definition) is 5. The van der Waals surface area contributed by atoms with Gasteiger partial charge in [0.1, 0.15) is 11.2 Å². The maximum Gasteiger partial charge on any atom is 0.357 e. The third kappa shape index (κ3) is 3.27. The van der Waals surface area contributed by atoms with Crippen LogP contribution in [-0.2, 0) is 4.74 Å². The number of rotatable bonds is 4. The summed E-state index contributed by atoms with van der Waals surface area (Å²) in [6.45, 7) is 1.83. The van der Waals surface area contributed by atoms with Crippen molar-refractivity contribution in [1.82, 2.24) is 9.97 Å². The van der Waals surface area contributed by atoms with Crippen LogP contribution in [0, 0.1) is 17.2 Å². The van der Waals surface area contributed by atoms with E-state index in [1.807, 2.05) is 6.07 Å². The van der Waals surface area contributed by atoms with Crippen molar-refractivity contribution in [2.75, 3.05) is 6.61 Å². The van der Waals surface area contributed by atoms with E-state index in [0.29, 0.717) is 10.9 Å². The molecule has 2 aromatic rings. The van der Waals surface area contributed by atoms with Gasteiger partial charge in [-0.25, -0.2) is 9.78 Å². The molecule has 0 aromatic carbocycles. The zero-order valence-electron chi connectivity index (χ0n) is 14.3. The second-order valence-corrected chi connectivity index (χ2v) is 7.16. The van der Waals surface area contributed by atoms with Crippen molar-refractivity contribution < 1.29 is 14.6 Å². The lowest BCUT2D eigenvalue weighted by Gasteiger charge is -2.28. The summed E-state index contributed by atoms with van der Waals surface area (Å²) < 4.78 is 5.09. The Morgan fingerprint density at radius 1 is 1.42 bits per heavy atom. The van der Waals surface area contributed by atoms with Crippen LogP contribution in [0.4, 0.5) is 0 Å². The van der Waals surface area contributed by atoms with Crippen LogP contribution in [0.25, 0.3) is 10.9 Å². The van der Waals surface area contributed by atoms with Gasteiger partial charge in [0.05, 0.1) is 23.3 Å². The topological polar surface area (TPSA) is 99.0 Å². The number of nitriles is 1. The molecule has 0 bridgehead atoms. The van der Waals surface area contributed by atoms with Crippen molar-refractivity contribution in [2.24, 2.45) is 5.92 Å². The standard InChI is InChI=1S/C18H19Cl2N3O3/c1-2-26-18(25)15-12(16(24)9-6-4-3-5-7-9)11-13(19)17(20)23-14(11)10(8-21)22-15/h9,16,23-24H,2-7H2,1H3. The zero-order chi connectivity index (χ0) is 18.8. The van der Waals surface area contributed by atoms with Crippen LogP contribution in [0.5, 0.6) is 0 Å². The Morgan fingerprint density at radius 2 is 2.12 bits per heavy atom. The molecule has 1 atom stereocenters. The molecule has 138 valence electrons. The molecule has 2 heterocycles. The second-order valence-electron chi connectivity index (χ2n) is 6.40. The smallest absolute Gasteiger partial charge is 0.357 e. The van der Waals surface area contributed by atoms with E-state index in [1.165, 1.54) is 0 Å². The summed E-state index contributed by atoms with van der Waals surface area (Å²) in [5, 5.41) is 21.2. The van der Waals surface area contributed by atoms with Crippen LogP contribution >= 0.6 is 23.2 Å². The summed E-state index contributed by atoms with van der Waals surface area (Å²) >= 11 is 12.5. The molecule has 2 N–H and O–H groups in total. The van der Waals surface area contributed by atoms with Crippen LogP contribution in [0.2, 0.25) is 10.2 Å². The van der Waals surface area contributed by atoms with Gasteiger partial charge in [-0.3, -0.25) is 0 Å². The molecule has 3 rings (SSSR count). The van der Waals surface area contributed by atoms with E-state index < -0.39 is 12.1 Å². The Morgan fingerprint density at radius 3 is 2.73 bits per heavy atom. The predicted octanol–water partition coefficient (Wildman–Crippen LogP) is 4.53. The van der Waals surface area contributed by atoms with Crippen molar-refractivity contribution in [3.63, 3.8) is 0 Å². The number of esters is 1. The van der Waals surface area contributed by atoms with Crippen molar-refractivity contribution in [2.45, 2.75) is 45.1 Å². The van der Waals surface area contributed by atoms with E-state index in [9.17, 15) is 15.2 Å². The first kappa shape index (κ1) is 19.0. The molecule has 0 radical (unpaired) electrons. The van der Waals surface area contributed by atoms with Gasteiger partial charge in [-0.15, -0.1) is 0 Å². The number of ether oxygens (including phenoxy) is 1. The summed E-state index contributed by atoms with van der Waals surface area (Å²) in [7, 11) is 0. The number of nitrogens with one attached hydrogen (secondary N) is 1. The minimum absolute atomic E-state index is 0.0143. The molecule has 6 nitrogen and oxygen atoms in total. The number of aromatic amines is 1. The van der Waals surface area contributed by atoms with Crippen LogP contribution in [0.3, 0.4) is 0 Å². The number of hydrogen-bond donors (Lipinski definition) is 2.